The van der Waals surface area contributed by atoms with Gasteiger partial charge in [-0.1, -0.05) is 38.0 Å². The second kappa shape index (κ2) is 15.0. The molecule has 2 atom stereocenters. The monoisotopic (exact) mass is 507 g/mol. The van der Waals surface area contributed by atoms with Crippen LogP contribution in [0.25, 0.3) is 0 Å². The van der Waals surface area contributed by atoms with Crippen molar-refractivity contribution in [3.8, 4) is 5.75 Å². The average molecular weight is 508 g/mol. The van der Waals surface area contributed by atoms with E-state index < -0.39 is 41.6 Å². The summed E-state index contributed by atoms with van der Waals surface area (Å²) < 4.78 is 10.2. The number of carbonyl (C=O) groups excluding carboxylic acids is 4. The zero-order valence-corrected chi connectivity index (χ0v) is 22.3. The molecule has 0 spiro atoms. The predicted octanol–water partition coefficient (Wildman–Crippen LogP) is 3.43. The van der Waals surface area contributed by atoms with Gasteiger partial charge in [-0.05, 0) is 47.1 Å². The van der Waals surface area contributed by atoms with E-state index in [0.717, 1.165) is 12.8 Å². The van der Waals surface area contributed by atoms with Crippen molar-refractivity contribution in [3.05, 3.63) is 29.8 Å². The maximum Gasteiger partial charge on any atom is 0.408 e. The number of esters is 1. The number of hydrogen-bond donors (Lipinski definition) is 3. The molecule has 10 nitrogen and oxygen atoms in total. The van der Waals surface area contributed by atoms with Crippen LogP contribution >= 0.6 is 0 Å². The molecule has 1 aromatic rings. The molecule has 0 aliphatic rings. The molecule has 0 fully saturated rings. The Bertz CT molecular complexity index is 883. The predicted molar refractivity (Wildman–Crippen MR) is 135 cm³/mol. The molecular weight excluding hydrogens is 466 g/mol. The number of nitrogens with one attached hydrogen (secondary N) is 2. The molecule has 1 aromatic carbocycles. The highest BCUT2D eigenvalue weighted by atomic mass is 16.6. The molecule has 36 heavy (non-hydrogen) atoms. The van der Waals surface area contributed by atoms with Gasteiger partial charge < -0.3 is 30.1 Å². The fourth-order valence-corrected chi connectivity index (χ4v) is 3.48. The molecule has 3 N–H and O–H groups in total. The summed E-state index contributed by atoms with van der Waals surface area (Å²) in [5.74, 6) is -1.67. The van der Waals surface area contributed by atoms with Gasteiger partial charge in [0.1, 0.15) is 23.4 Å². The fraction of sp³-hybridized carbons (Fsp3) is 0.615. The van der Waals surface area contributed by atoms with E-state index >= 15 is 0 Å². The van der Waals surface area contributed by atoms with Crippen LogP contribution in [0.4, 0.5) is 4.79 Å². The van der Waals surface area contributed by atoms with Crippen LogP contribution in [0.1, 0.15) is 78.8 Å². The minimum absolute atomic E-state index is 0.00443. The first-order valence-corrected chi connectivity index (χ1v) is 12.4. The van der Waals surface area contributed by atoms with Gasteiger partial charge in [-0.15, -0.1) is 0 Å². The molecule has 0 aliphatic carbocycles. The van der Waals surface area contributed by atoms with Crippen molar-refractivity contribution in [2.75, 3.05) is 19.7 Å². The van der Waals surface area contributed by atoms with Crippen molar-refractivity contribution >= 4 is 23.9 Å². The van der Waals surface area contributed by atoms with Gasteiger partial charge in [0, 0.05) is 18.7 Å². The molecule has 1 rings (SSSR count). The zero-order valence-electron chi connectivity index (χ0n) is 22.3. The van der Waals surface area contributed by atoms with E-state index in [2.05, 4.69) is 10.6 Å². The smallest absolute Gasteiger partial charge is 0.408 e. The van der Waals surface area contributed by atoms with E-state index in [4.69, 9.17) is 9.47 Å². The Labute approximate surface area is 213 Å². The third-order valence-electron chi connectivity index (χ3n) is 5.11. The summed E-state index contributed by atoms with van der Waals surface area (Å²) in [5, 5.41) is 15.8. The number of aromatic hydroxyl groups is 1. The van der Waals surface area contributed by atoms with Crippen LogP contribution in [0, 0.1) is 0 Å². The summed E-state index contributed by atoms with van der Waals surface area (Å²) in [4.78, 5) is 52.2. The van der Waals surface area contributed by atoms with Gasteiger partial charge in [0.25, 0.3) is 0 Å². The largest absolute Gasteiger partial charge is 0.508 e. The lowest BCUT2D eigenvalue weighted by Crippen LogP contribution is -2.52. The van der Waals surface area contributed by atoms with Crippen molar-refractivity contribution in [1.82, 2.24) is 15.5 Å². The first kappa shape index (κ1) is 30.7. The number of nitrogens with zero attached hydrogens (tertiary/aromatic N) is 1. The van der Waals surface area contributed by atoms with Gasteiger partial charge in [-0.3, -0.25) is 14.4 Å². The number of phenols is 1. The summed E-state index contributed by atoms with van der Waals surface area (Å²) in [6.07, 6.45) is 1.53. The van der Waals surface area contributed by atoms with E-state index in [1.54, 1.807) is 45.9 Å². The highest BCUT2D eigenvalue weighted by Crippen LogP contribution is 2.30. The van der Waals surface area contributed by atoms with E-state index in [-0.39, 0.29) is 37.4 Å². The fourth-order valence-electron chi connectivity index (χ4n) is 3.48. The number of carbonyl (C=O) groups is 4. The molecule has 0 bridgehead atoms. The Hall–Kier alpha value is -3.30. The third-order valence-corrected chi connectivity index (χ3v) is 5.11. The van der Waals surface area contributed by atoms with Crippen LogP contribution in [-0.4, -0.2) is 65.2 Å². The first-order valence-electron chi connectivity index (χ1n) is 12.4. The molecular formula is C26H41N3O7. The number of unbranched alkanes of at least 4 members (excludes halogenated alkanes) is 2. The maximum atomic E-state index is 13.6. The lowest BCUT2D eigenvalue weighted by atomic mass is 10.0. The summed E-state index contributed by atoms with van der Waals surface area (Å²) in [6.45, 7) is 10.8. The normalized spacial score (nSPS) is 12.7. The van der Waals surface area contributed by atoms with Gasteiger partial charge in [0.2, 0.25) is 11.8 Å². The lowest BCUT2D eigenvalue weighted by molar-refractivity contribution is -0.144. The minimum Gasteiger partial charge on any atom is -0.508 e. The highest BCUT2D eigenvalue weighted by Gasteiger charge is 2.35. The Kier molecular flexibility index (Phi) is 12.8. The van der Waals surface area contributed by atoms with Gasteiger partial charge in [0.05, 0.1) is 13.0 Å². The van der Waals surface area contributed by atoms with E-state index in [1.807, 2.05) is 6.92 Å². The number of hydrogen-bond acceptors (Lipinski definition) is 7. The molecule has 0 aliphatic heterocycles. The van der Waals surface area contributed by atoms with Crippen LogP contribution < -0.4 is 10.6 Å². The molecule has 202 valence electrons. The Balaban J connectivity index is 3.25. The second-order valence-electron chi connectivity index (χ2n) is 9.41. The minimum atomic E-state index is -1.18. The second-order valence-corrected chi connectivity index (χ2v) is 9.41. The van der Waals surface area contributed by atoms with Gasteiger partial charge in [0.15, 0.2) is 0 Å². The van der Waals surface area contributed by atoms with E-state index in [0.29, 0.717) is 6.42 Å². The Morgan fingerprint density at radius 2 is 1.75 bits per heavy atom. The molecule has 3 amide bonds. The standard InChI is InChI=1S/C26H41N3O7/c1-7-9-12-17-29(24(33)18(3)28-25(34)36-26(4,5)6)22(19-13-10-11-14-20(19)30)23(32)27-16-15-21(31)35-8-2/h10-11,13-14,18,22,30H,7-9,12,15-17H2,1-6H3,(H,27,32)(H,28,34). The van der Waals surface area contributed by atoms with Crippen molar-refractivity contribution in [2.24, 2.45) is 0 Å². The van der Waals surface area contributed by atoms with Crippen molar-refractivity contribution in [2.45, 2.75) is 84.9 Å². The van der Waals surface area contributed by atoms with Gasteiger partial charge in [-0.25, -0.2) is 4.79 Å². The Morgan fingerprint density at radius 3 is 2.33 bits per heavy atom. The molecule has 0 heterocycles. The number of ether oxygens (including phenoxy) is 2. The third kappa shape index (κ3) is 10.5. The number of amides is 3. The van der Waals surface area contributed by atoms with Gasteiger partial charge in [-0.2, -0.15) is 0 Å². The van der Waals surface area contributed by atoms with E-state index in [1.165, 1.54) is 17.9 Å². The SMILES string of the molecule is CCCCCN(C(=O)C(C)NC(=O)OC(C)(C)C)C(C(=O)NCCC(=O)OCC)c1ccccc1O. The molecule has 2 unspecified atom stereocenters. The zero-order chi connectivity index (χ0) is 27.3. The van der Waals surface area contributed by atoms with Crippen molar-refractivity contribution in [1.29, 1.82) is 0 Å². The lowest BCUT2D eigenvalue weighted by Gasteiger charge is -2.34. The number of alkyl carbamates (subject to hydrolysis) is 1. The van der Waals surface area contributed by atoms with Crippen LogP contribution in [0.5, 0.6) is 5.75 Å². The van der Waals surface area contributed by atoms with Gasteiger partial charge >= 0.3 is 12.1 Å². The highest BCUT2D eigenvalue weighted by molar-refractivity contribution is 5.92. The van der Waals surface area contributed by atoms with Crippen LogP contribution in [0.3, 0.4) is 0 Å². The molecule has 0 saturated carbocycles. The quantitative estimate of drug-likeness (QED) is 0.275. The number of benzene rings is 1. The van der Waals surface area contributed by atoms with Crippen molar-refractivity contribution in [3.63, 3.8) is 0 Å². The first-order chi connectivity index (χ1) is 16.9. The van der Waals surface area contributed by atoms with Crippen LogP contribution in [-0.2, 0) is 23.9 Å². The molecule has 0 radical (unpaired) electrons. The van der Waals surface area contributed by atoms with Crippen LogP contribution in [0.2, 0.25) is 0 Å². The molecule has 0 saturated heterocycles. The summed E-state index contributed by atoms with van der Waals surface area (Å²) in [6, 6.07) is 4.10. The van der Waals surface area contributed by atoms with E-state index in [9.17, 15) is 24.3 Å². The summed E-state index contributed by atoms with van der Waals surface area (Å²) >= 11 is 0. The Morgan fingerprint density at radius 1 is 1.08 bits per heavy atom. The average Bonchev–Trinajstić information content (AvgIpc) is 2.77. The number of rotatable bonds is 13. The maximum absolute atomic E-state index is 13.6. The molecule has 0 aromatic heterocycles. The number of para-hydroxylation sites is 1. The van der Waals surface area contributed by atoms with Crippen molar-refractivity contribution < 1.29 is 33.8 Å². The summed E-state index contributed by atoms with van der Waals surface area (Å²) in [5.41, 5.74) is -0.509. The number of phenolic OH excluding ortho intramolecular Hbond substituents is 1. The summed E-state index contributed by atoms with van der Waals surface area (Å²) in [7, 11) is 0. The van der Waals surface area contributed by atoms with Crippen LogP contribution in [0.15, 0.2) is 24.3 Å². The molecule has 10 heteroatoms. The topological polar surface area (TPSA) is 134 Å².